The van der Waals surface area contributed by atoms with Gasteiger partial charge in [0, 0.05) is 37.2 Å². The molecule has 1 aliphatic rings. The van der Waals surface area contributed by atoms with E-state index in [0.29, 0.717) is 41.7 Å². The van der Waals surface area contributed by atoms with Gasteiger partial charge in [0.05, 0.1) is 19.0 Å². The zero-order chi connectivity index (χ0) is 21.3. The molecule has 1 aromatic carbocycles. The molecule has 0 amide bonds. The van der Waals surface area contributed by atoms with E-state index in [1.165, 1.54) is 12.1 Å². The van der Waals surface area contributed by atoms with E-state index in [1.807, 2.05) is 10.6 Å². The van der Waals surface area contributed by atoms with Crippen LogP contribution in [0, 0.1) is 11.7 Å². The van der Waals surface area contributed by atoms with E-state index in [9.17, 15) is 4.39 Å². The van der Waals surface area contributed by atoms with Crippen molar-refractivity contribution in [1.29, 1.82) is 0 Å². The zero-order valence-corrected chi connectivity index (χ0v) is 17.8. The number of rotatable bonds is 6. The molecule has 0 radical (unpaired) electrons. The number of pyridine rings is 1. The van der Waals surface area contributed by atoms with Crippen molar-refractivity contribution in [1.82, 2.24) is 19.7 Å². The van der Waals surface area contributed by atoms with Gasteiger partial charge in [-0.05, 0) is 29.7 Å². The minimum atomic E-state index is -0.331. The van der Waals surface area contributed by atoms with Gasteiger partial charge in [0.1, 0.15) is 12.4 Å². The van der Waals surface area contributed by atoms with Crippen molar-refractivity contribution < 1.29 is 13.9 Å². The van der Waals surface area contributed by atoms with Gasteiger partial charge in [-0.1, -0.05) is 24.6 Å². The first kappa shape index (κ1) is 20.6. The van der Waals surface area contributed by atoms with E-state index in [4.69, 9.17) is 21.1 Å². The molecule has 9 heteroatoms. The molecule has 3 aromatic rings. The predicted octanol–water partition coefficient (Wildman–Crippen LogP) is 3.85. The van der Waals surface area contributed by atoms with E-state index in [1.54, 1.807) is 32.5 Å². The number of benzene rings is 1. The Labute approximate surface area is 179 Å². The molecule has 4 rings (SSSR count). The normalized spacial score (nSPS) is 18.8. The van der Waals surface area contributed by atoms with Crippen molar-refractivity contribution in [3.8, 4) is 11.6 Å². The summed E-state index contributed by atoms with van der Waals surface area (Å²) in [6, 6.07) is 8.30. The third-order valence-electron chi connectivity index (χ3n) is 5.43. The van der Waals surface area contributed by atoms with Crippen LogP contribution in [0.15, 0.2) is 36.5 Å². The number of hydrogen-bond acceptors (Lipinski definition) is 6. The van der Waals surface area contributed by atoms with Gasteiger partial charge in [0.2, 0.25) is 11.8 Å². The van der Waals surface area contributed by atoms with E-state index < -0.39 is 0 Å². The second kappa shape index (κ2) is 8.57. The fourth-order valence-corrected chi connectivity index (χ4v) is 4.27. The summed E-state index contributed by atoms with van der Waals surface area (Å²) in [4.78, 5) is 6.48. The maximum absolute atomic E-state index is 13.5. The summed E-state index contributed by atoms with van der Waals surface area (Å²) < 4.78 is 25.9. The molecular formula is C21H23ClFN5O2. The molecule has 0 N–H and O–H groups in total. The highest BCUT2D eigenvalue weighted by atomic mass is 35.5. The molecule has 0 bridgehead atoms. The van der Waals surface area contributed by atoms with Crippen LogP contribution < -0.4 is 9.64 Å². The number of nitrogens with zero attached hydrogens (tertiary/aromatic N) is 5. The molecule has 0 spiro atoms. The monoisotopic (exact) mass is 431 g/mol. The molecule has 0 aliphatic carbocycles. The lowest BCUT2D eigenvalue weighted by Gasteiger charge is -2.20. The highest BCUT2D eigenvalue weighted by Crippen LogP contribution is 2.38. The van der Waals surface area contributed by atoms with Crippen molar-refractivity contribution in [2.75, 3.05) is 32.2 Å². The Balaban J connectivity index is 1.68. The fraction of sp³-hybridized carbons (Fsp3) is 0.381. The van der Waals surface area contributed by atoms with Crippen molar-refractivity contribution >= 4 is 17.5 Å². The minimum Gasteiger partial charge on any atom is -0.481 e. The van der Waals surface area contributed by atoms with E-state index in [-0.39, 0.29) is 11.7 Å². The Morgan fingerprint density at radius 3 is 2.67 bits per heavy atom. The lowest BCUT2D eigenvalue weighted by molar-refractivity contribution is 0.176. The summed E-state index contributed by atoms with van der Waals surface area (Å²) in [6.45, 7) is 3.94. The average molecular weight is 432 g/mol. The average Bonchev–Trinajstić information content (AvgIpc) is 3.32. The molecule has 158 valence electrons. The summed E-state index contributed by atoms with van der Waals surface area (Å²) in [5.74, 6) is 2.04. The maximum Gasteiger partial charge on any atom is 0.232 e. The molecule has 0 unspecified atom stereocenters. The van der Waals surface area contributed by atoms with Crippen molar-refractivity contribution in [3.63, 3.8) is 0 Å². The van der Waals surface area contributed by atoms with Crippen LogP contribution in [0.2, 0.25) is 5.02 Å². The van der Waals surface area contributed by atoms with E-state index in [0.717, 1.165) is 17.8 Å². The highest BCUT2D eigenvalue weighted by Gasteiger charge is 2.35. The van der Waals surface area contributed by atoms with Crippen molar-refractivity contribution in [3.05, 3.63) is 58.8 Å². The van der Waals surface area contributed by atoms with Crippen LogP contribution in [-0.4, -0.2) is 47.1 Å². The predicted molar refractivity (Wildman–Crippen MR) is 112 cm³/mol. The van der Waals surface area contributed by atoms with Crippen molar-refractivity contribution in [2.24, 2.45) is 5.92 Å². The molecule has 7 nitrogen and oxygen atoms in total. The number of anilines is 1. The number of methoxy groups -OCH3 is 2. The Kier molecular flexibility index (Phi) is 5.87. The molecule has 30 heavy (non-hydrogen) atoms. The molecule has 0 saturated carbocycles. The zero-order valence-electron chi connectivity index (χ0n) is 17.0. The second-order valence-corrected chi connectivity index (χ2v) is 7.81. The molecule has 2 aromatic heterocycles. The van der Waals surface area contributed by atoms with Gasteiger partial charge in [-0.15, -0.1) is 10.2 Å². The van der Waals surface area contributed by atoms with E-state index >= 15 is 0 Å². The van der Waals surface area contributed by atoms with Crippen LogP contribution in [0.25, 0.3) is 5.69 Å². The quantitative estimate of drug-likeness (QED) is 0.590. The summed E-state index contributed by atoms with van der Waals surface area (Å²) in [5.41, 5.74) is 1.76. The Morgan fingerprint density at radius 2 is 2.00 bits per heavy atom. The van der Waals surface area contributed by atoms with Crippen molar-refractivity contribution in [2.45, 2.75) is 19.4 Å². The summed E-state index contributed by atoms with van der Waals surface area (Å²) in [7, 11) is 3.20. The SMILES string of the molecule is COCc1nnc(N2C[C@H](c3ccc(F)cc3Cl)[C@@H](C)C2)n1-c1ccc(OC)nc1. The smallest absolute Gasteiger partial charge is 0.232 e. The van der Waals surface area contributed by atoms with Gasteiger partial charge in [-0.2, -0.15) is 0 Å². The molecule has 1 fully saturated rings. The minimum absolute atomic E-state index is 0.156. The fourth-order valence-electron chi connectivity index (χ4n) is 3.96. The van der Waals surface area contributed by atoms with Gasteiger partial charge < -0.3 is 14.4 Å². The molecule has 1 saturated heterocycles. The van der Waals surface area contributed by atoms with Gasteiger partial charge in [-0.3, -0.25) is 4.57 Å². The first-order chi connectivity index (χ1) is 14.5. The standard InChI is InChI=1S/C21H23ClFN5O2/c1-13-10-27(11-17(13)16-6-4-14(23)8-18(16)22)21-26-25-19(12-29-2)28(21)15-5-7-20(30-3)24-9-15/h4-9,13,17H,10-12H2,1-3H3/t13-,17-/m0/s1. The number of ether oxygens (including phenoxy) is 2. The van der Waals surface area contributed by atoms with Crippen LogP contribution in [0.5, 0.6) is 5.88 Å². The molecule has 1 aliphatic heterocycles. The number of halogens is 2. The third-order valence-corrected chi connectivity index (χ3v) is 5.76. The second-order valence-electron chi connectivity index (χ2n) is 7.40. The Bertz CT molecular complexity index is 1030. The van der Waals surface area contributed by atoms with Gasteiger partial charge in [0.25, 0.3) is 0 Å². The molecule has 2 atom stereocenters. The summed E-state index contributed by atoms with van der Waals surface area (Å²) in [5, 5.41) is 9.23. The number of aromatic nitrogens is 4. The van der Waals surface area contributed by atoms with Gasteiger partial charge in [0.15, 0.2) is 5.82 Å². The number of hydrogen-bond donors (Lipinski definition) is 0. The molecule has 3 heterocycles. The first-order valence-corrected chi connectivity index (χ1v) is 10.0. The lowest BCUT2D eigenvalue weighted by atomic mass is 9.90. The van der Waals surface area contributed by atoms with Crippen LogP contribution in [-0.2, 0) is 11.3 Å². The summed E-state index contributed by atoms with van der Waals surface area (Å²) in [6.07, 6.45) is 1.72. The Morgan fingerprint density at radius 1 is 1.17 bits per heavy atom. The van der Waals surface area contributed by atoms with Crippen LogP contribution >= 0.6 is 11.6 Å². The maximum atomic E-state index is 13.5. The van der Waals surface area contributed by atoms with Gasteiger partial charge >= 0.3 is 0 Å². The lowest BCUT2D eigenvalue weighted by Crippen LogP contribution is -2.24. The Hall–Kier alpha value is -2.71. The van der Waals surface area contributed by atoms with E-state index in [2.05, 4.69) is 27.0 Å². The largest absolute Gasteiger partial charge is 0.481 e. The molecular weight excluding hydrogens is 409 g/mol. The van der Waals surface area contributed by atoms with Gasteiger partial charge in [-0.25, -0.2) is 9.37 Å². The third kappa shape index (κ3) is 3.85. The topological polar surface area (TPSA) is 65.3 Å². The van der Waals surface area contributed by atoms with Crippen LogP contribution in [0.4, 0.5) is 10.3 Å². The first-order valence-electron chi connectivity index (χ1n) is 9.65. The van der Waals surface area contributed by atoms with Crippen LogP contribution in [0.3, 0.4) is 0 Å². The van der Waals surface area contributed by atoms with Crippen LogP contribution in [0.1, 0.15) is 24.2 Å². The summed E-state index contributed by atoms with van der Waals surface area (Å²) >= 11 is 6.34. The highest BCUT2D eigenvalue weighted by molar-refractivity contribution is 6.31.